The summed E-state index contributed by atoms with van der Waals surface area (Å²) >= 11 is 0. The number of nitro groups is 1. The summed E-state index contributed by atoms with van der Waals surface area (Å²) in [5.41, 5.74) is 0.204. The Hall–Kier alpha value is -3.95. The van der Waals surface area contributed by atoms with Gasteiger partial charge in [-0.15, -0.1) is 0 Å². The molecule has 3 aromatic rings. The van der Waals surface area contributed by atoms with Crippen LogP contribution < -0.4 is 10.3 Å². The van der Waals surface area contributed by atoms with Gasteiger partial charge in [-0.3, -0.25) is 19.5 Å². The lowest BCUT2D eigenvalue weighted by molar-refractivity contribution is -0.384. The zero-order valence-corrected chi connectivity index (χ0v) is 16.0. The van der Waals surface area contributed by atoms with Crippen LogP contribution in [0.2, 0.25) is 0 Å². The Kier molecular flexibility index (Phi) is 4.82. The lowest BCUT2D eigenvalue weighted by Crippen LogP contribution is -2.29. The normalized spacial score (nSPS) is 16.0. The largest absolute Gasteiger partial charge is 0.497 e. The summed E-state index contributed by atoms with van der Waals surface area (Å²) in [6, 6.07) is 10.7. The van der Waals surface area contributed by atoms with Crippen LogP contribution in [0.25, 0.3) is 16.6 Å². The number of likely N-dealkylation sites (tertiary alicyclic amines) is 1. The summed E-state index contributed by atoms with van der Waals surface area (Å²) in [5, 5.41) is 20.6. The highest BCUT2D eigenvalue weighted by molar-refractivity contribution is 5.80. The third-order valence-electron chi connectivity index (χ3n) is 5.24. The summed E-state index contributed by atoms with van der Waals surface area (Å²) in [5.74, 6) is 0.751. The average molecular weight is 410 g/mol. The molecule has 10 heteroatoms. The molecule has 2 aromatic carbocycles. The van der Waals surface area contributed by atoms with E-state index in [0.717, 1.165) is 0 Å². The Morgan fingerprint density at radius 1 is 1.27 bits per heavy atom. The lowest BCUT2D eigenvalue weighted by atomic mass is 10.1. The van der Waals surface area contributed by atoms with Crippen LogP contribution in [-0.2, 0) is 0 Å². The monoisotopic (exact) mass is 410 g/mol. The molecule has 1 aliphatic heterocycles. The van der Waals surface area contributed by atoms with Gasteiger partial charge >= 0.3 is 6.09 Å². The fraction of sp³-hybridized carbons (Fsp3) is 0.250. The van der Waals surface area contributed by atoms with E-state index in [9.17, 15) is 24.8 Å². The standard InChI is InChI=1S/C20H18N4O6/c1-30-15-5-2-13(3-6-15)23-18(12-8-9-22(11-12)20(26)27)21-17-7-4-14(24(28)29)10-16(17)19(23)25/h2-7,10,12H,8-9,11H2,1H3,(H,26,27). The number of carboxylic acid groups (broad SMARTS) is 1. The smallest absolute Gasteiger partial charge is 0.407 e. The van der Waals surface area contributed by atoms with Crippen molar-refractivity contribution < 1.29 is 19.6 Å². The van der Waals surface area contributed by atoms with Gasteiger partial charge in [0, 0.05) is 31.1 Å². The minimum absolute atomic E-state index is 0.122. The highest BCUT2D eigenvalue weighted by atomic mass is 16.6. The quantitative estimate of drug-likeness (QED) is 0.517. The summed E-state index contributed by atoms with van der Waals surface area (Å²) in [6.07, 6.45) is -0.500. The number of methoxy groups -OCH3 is 1. The first-order valence-corrected chi connectivity index (χ1v) is 9.22. The van der Waals surface area contributed by atoms with Crippen LogP contribution in [-0.4, -0.2) is 50.8 Å². The molecule has 0 radical (unpaired) electrons. The first-order valence-electron chi connectivity index (χ1n) is 9.22. The van der Waals surface area contributed by atoms with Crippen molar-refractivity contribution in [3.05, 3.63) is 68.8 Å². The molecule has 1 aliphatic rings. The molecular formula is C20H18N4O6. The molecule has 1 saturated heterocycles. The molecule has 154 valence electrons. The third-order valence-corrected chi connectivity index (χ3v) is 5.24. The second-order valence-corrected chi connectivity index (χ2v) is 6.98. The van der Waals surface area contributed by atoms with Crippen molar-refractivity contribution in [2.75, 3.05) is 20.2 Å². The fourth-order valence-corrected chi connectivity index (χ4v) is 3.70. The van der Waals surface area contributed by atoms with Crippen LogP contribution in [0.4, 0.5) is 10.5 Å². The minimum Gasteiger partial charge on any atom is -0.497 e. The van der Waals surface area contributed by atoms with Crippen LogP contribution in [0.3, 0.4) is 0 Å². The SMILES string of the molecule is COc1ccc(-n2c(C3CCN(C(=O)O)C3)nc3ccc([N+](=O)[O-])cc3c2=O)cc1. The topological polar surface area (TPSA) is 128 Å². The summed E-state index contributed by atoms with van der Waals surface area (Å²) in [6.45, 7) is 0.563. The van der Waals surface area contributed by atoms with Crippen LogP contribution in [0, 0.1) is 10.1 Å². The first kappa shape index (κ1) is 19.4. The molecule has 0 aliphatic carbocycles. The number of aromatic nitrogens is 2. The Balaban J connectivity index is 1.94. The molecule has 1 N–H and O–H groups in total. The van der Waals surface area contributed by atoms with E-state index in [1.165, 1.54) is 34.8 Å². The van der Waals surface area contributed by atoms with Gasteiger partial charge < -0.3 is 14.7 Å². The van der Waals surface area contributed by atoms with Crippen molar-refractivity contribution in [1.82, 2.24) is 14.5 Å². The predicted molar refractivity (Wildman–Crippen MR) is 108 cm³/mol. The lowest BCUT2D eigenvalue weighted by Gasteiger charge is -2.18. The number of nitro benzene ring substituents is 1. The molecule has 10 nitrogen and oxygen atoms in total. The molecule has 0 bridgehead atoms. The number of non-ortho nitro benzene ring substituents is 1. The maximum atomic E-state index is 13.4. The maximum Gasteiger partial charge on any atom is 0.407 e. The predicted octanol–water partition coefficient (Wildman–Crippen LogP) is 2.77. The van der Waals surface area contributed by atoms with E-state index in [0.29, 0.717) is 35.7 Å². The van der Waals surface area contributed by atoms with Gasteiger partial charge in [0.1, 0.15) is 11.6 Å². The Morgan fingerprint density at radius 3 is 2.60 bits per heavy atom. The van der Waals surface area contributed by atoms with Crippen LogP contribution in [0.5, 0.6) is 5.75 Å². The van der Waals surface area contributed by atoms with E-state index in [4.69, 9.17) is 4.74 Å². The average Bonchev–Trinajstić information content (AvgIpc) is 3.24. The zero-order valence-electron chi connectivity index (χ0n) is 16.0. The van der Waals surface area contributed by atoms with Gasteiger partial charge in [-0.1, -0.05) is 0 Å². The molecule has 30 heavy (non-hydrogen) atoms. The van der Waals surface area contributed by atoms with Crippen molar-refractivity contribution in [2.45, 2.75) is 12.3 Å². The molecular weight excluding hydrogens is 392 g/mol. The van der Waals surface area contributed by atoms with E-state index in [-0.39, 0.29) is 23.5 Å². The van der Waals surface area contributed by atoms with Gasteiger partial charge in [0.15, 0.2) is 0 Å². The summed E-state index contributed by atoms with van der Waals surface area (Å²) in [4.78, 5) is 41.2. The molecule has 1 fully saturated rings. The fourth-order valence-electron chi connectivity index (χ4n) is 3.70. The highest BCUT2D eigenvalue weighted by Crippen LogP contribution is 2.29. The molecule has 0 spiro atoms. The number of carbonyl (C=O) groups is 1. The van der Waals surface area contributed by atoms with Crippen molar-refractivity contribution in [3.63, 3.8) is 0 Å². The van der Waals surface area contributed by atoms with Crippen molar-refractivity contribution in [1.29, 1.82) is 0 Å². The number of ether oxygens (including phenoxy) is 1. The van der Waals surface area contributed by atoms with Gasteiger partial charge in [0.25, 0.3) is 11.2 Å². The molecule has 1 aromatic heterocycles. The zero-order chi connectivity index (χ0) is 21.4. The second kappa shape index (κ2) is 7.47. The Labute approximate surface area is 170 Å². The molecule has 1 unspecified atom stereocenters. The van der Waals surface area contributed by atoms with Gasteiger partial charge in [0.05, 0.1) is 28.6 Å². The van der Waals surface area contributed by atoms with Crippen molar-refractivity contribution in [3.8, 4) is 11.4 Å². The van der Waals surface area contributed by atoms with Gasteiger partial charge in [0.2, 0.25) is 0 Å². The van der Waals surface area contributed by atoms with E-state index in [1.807, 2.05) is 0 Å². The van der Waals surface area contributed by atoms with Crippen molar-refractivity contribution in [2.24, 2.45) is 0 Å². The van der Waals surface area contributed by atoms with Gasteiger partial charge in [-0.2, -0.15) is 0 Å². The number of fused-ring (bicyclic) bond motifs is 1. The van der Waals surface area contributed by atoms with E-state index in [2.05, 4.69) is 4.98 Å². The highest BCUT2D eigenvalue weighted by Gasteiger charge is 2.31. The maximum absolute atomic E-state index is 13.4. The van der Waals surface area contributed by atoms with E-state index >= 15 is 0 Å². The Morgan fingerprint density at radius 2 is 2.00 bits per heavy atom. The summed E-state index contributed by atoms with van der Waals surface area (Å²) < 4.78 is 6.57. The van der Waals surface area contributed by atoms with Gasteiger partial charge in [-0.25, -0.2) is 9.78 Å². The second-order valence-electron chi connectivity index (χ2n) is 6.98. The number of amides is 1. The molecule has 2 heterocycles. The molecule has 4 rings (SSSR count). The number of benzene rings is 2. The first-order chi connectivity index (χ1) is 14.4. The summed E-state index contributed by atoms with van der Waals surface area (Å²) in [7, 11) is 1.53. The minimum atomic E-state index is -1.02. The number of hydrogen-bond acceptors (Lipinski definition) is 6. The molecule has 1 amide bonds. The van der Waals surface area contributed by atoms with Gasteiger partial charge in [-0.05, 0) is 36.8 Å². The van der Waals surface area contributed by atoms with Crippen LogP contribution in [0.15, 0.2) is 47.3 Å². The van der Waals surface area contributed by atoms with E-state index in [1.54, 1.807) is 24.3 Å². The van der Waals surface area contributed by atoms with Crippen LogP contribution in [0.1, 0.15) is 18.2 Å². The molecule has 0 saturated carbocycles. The molecule has 1 atom stereocenters. The van der Waals surface area contributed by atoms with Crippen molar-refractivity contribution >= 4 is 22.7 Å². The Bertz CT molecular complexity index is 1200. The third kappa shape index (κ3) is 3.32. The number of nitrogens with zero attached hydrogens (tertiary/aromatic N) is 4. The number of hydrogen-bond donors (Lipinski definition) is 1. The van der Waals surface area contributed by atoms with E-state index < -0.39 is 16.6 Å². The van der Waals surface area contributed by atoms with Crippen LogP contribution >= 0.6 is 0 Å². The number of rotatable bonds is 4.